The highest BCUT2D eigenvalue weighted by atomic mass is 35.5. The lowest BCUT2D eigenvalue weighted by Gasteiger charge is -2.64. The second-order valence-corrected chi connectivity index (χ2v) is 8.12. The van der Waals surface area contributed by atoms with Crippen LogP contribution in [-0.2, 0) is 5.41 Å². The first-order chi connectivity index (χ1) is 8.41. The van der Waals surface area contributed by atoms with Gasteiger partial charge in [-0.25, -0.2) is 0 Å². The third kappa shape index (κ3) is 1.43. The van der Waals surface area contributed by atoms with E-state index in [1.54, 1.807) is 0 Å². The summed E-state index contributed by atoms with van der Waals surface area (Å²) >= 11 is 5.85. The number of aromatic nitrogens is 2. The van der Waals surface area contributed by atoms with Gasteiger partial charge in [-0.2, -0.15) is 4.98 Å². The molecule has 0 aliphatic heterocycles. The van der Waals surface area contributed by atoms with Gasteiger partial charge < -0.3 is 4.52 Å². The highest BCUT2D eigenvalue weighted by molar-refractivity contribution is 6.28. The maximum Gasteiger partial charge on any atom is 0.263 e. The predicted octanol–water partition coefficient (Wildman–Crippen LogP) is 3.97. The molecule has 2 atom stereocenters. The van der Waals surface area contributed by atoms with Crippen LogP contribution in [0, 0.1) is 16.7 Å². The lowest BCUT2D eigenvalue weighted by Crippen LogP contribution is -2.56. The monoisotopic (exact) mass is 266 g/mol. The van der Waals surface area contributed by atoms with E-state index in [1.165, 1.54) is 38.5 Å². The molecule has 4 heteroatoms. The van der Waals surface area contributed by atoms with Crippen LogP contribution in [0.3, 0.4) is 0 Å². The van der Waals surface area contributed by atoms with Crippen molar-refractivity contribution in [3.63, 3.8) is 0 Å². The molecule has 0 amide bonds. The zero-order valence-corrected chi connectivity index (χ0v) is 11.8. The SMILES string of the molecule is CC12CC3CC(C)(C1)CC(c1nc(Cl)no1)(C3)C2. The summed E-state index contributed by atoms with van der Waals surface area (Å²) in [5.41, 5.74) is 1.05. The van der Waals surface area contributed by atoms with Crippen molar-refractivity contribution in [1.82, 2.24) is 10.1 Å². The van der Waals surface area contributed by atoms with Crippen molar-refractivity contribution in [2.24, 2.45) is 16.7 Å². The average molecular weight is 267 g/mol. The zero-order chi connectivity index (χ0) is 12.6. The maximum atomic E-state index is 5.85. The van der Waals surface area contributed by atoms with Crippen LogP contribution >= 0.6 is 11.6 Å². The minimum absolute atomic E-state index is 0.114. The Morgan fingerprint density at radius 2 is 1.78 bits per heavy atom. The number of rotatable bonds is 1. The maximum absolute atomic E-state index is 5.85. The minimum Gasteiger partial charge on any atom is -0.337 e. The Bertz CT molecular complexity index is 494. The van der Waals surface area contributed by atoms with Crippen LogP contribution in [0.1, 0.15) is 58.3 Å². The second kappa shape index (κ2) is 3.12. The Hall–Kier alpha value is -0.570. The van der Waals surface area contributed by atoms with Gasteiger partial charge in [0.15, 0.2) is 0 Å². The zero-order valence-electron chi connectivity index (χ0n) is 11.0. The van der Waals surface area contributed by atoms with E-state index < -0.39 is 0 Å². The fraction of sp³-hybridized carbons (Fsp3) is 0.857. The topological polar surface area (TPSA) is 38.9 Å². The summed E-state index contributed by atoms with van der Waals surface area (Å²) in [6.45, 7) is 4.89. The Morgan fingerprint density at radius 1 is 1.11 bits per heavy atom. The smallest absolute Gasteiger partial charge is 0.263 e. The van der Waals surface area contributed by atoms with Gasteiger partial charge in [-0.1, -0.05) is 13.8 Å². The summed E-state index contributed by atoms with van der Waals surface area (Å²) < 4.78 is 5.45. The molecule has 0 radical (unpaired) electrons. The van der Waals surface area contributed by atoms with Crippen LogP contribution in [0.2, 0.25) is 5.28 Å². The Balaban J connectivity index is 1.82. The molecule has 1 aromatic heterocycles. The predicted molar refractivity (Wildman–Crippen MR) is 68.4 cm³/mol. The molecule has 1 heterocycles. The van der Waals surface area contributed by atoms with Crippen LogP contribution in [0.5, 0.6) is 0 Å². The number of halogens is 1. The number of nitrogens with zero attached hydrogens (tertiary/aromatic N) is 2. The van der Waals surface area contributed by atoms with Crippen molar-refractivity contribution in [2.75, 3.05) is 0 Å². The van der Waals surface area contributed by atoms with Crippen LogP contribution in [0.15, 0.2) is 4.52 Å². The Labute approximate surface area is 112 Å². The largest absolute Gasteiger partial charge is 0.337 e. The van der Waals surface area contributed by atoms with Crippen LogP contribution in [0.4, 0.5) is 0 Å². The van der Waals surface area contributed by atoms with E-state index >= 15 is 0 Å². The second-order valence-electron chi connectivity index (χ2n) is 7.78. The van der Waals surface area contributed by atoms with Crippen molar-refractivity contribution in [3.05, 3.63) is 11.2 Å². The molecule has 5 rings (SSSR count). The standard InChI is InChI=1S/C14H19ClN2O/c1-12-3-9-4-13(2,6-12)8-14(5-9,7-12)10-16-11(15)17-18-10/h9H,3-8H2,1-2H3. The fourth-order valence-corrected chi connectivity index (χ4v) is 6.22. The van der Waals surface area contributed by atoms with Gasteiger partial charge in [0.05, 0.1) is 5.41 Å². The first kappa shape index (κ1) is 11.3. The quantitative estimate of drug-likeness (QED) is 0.772. The molecule has 0 aromatic carbocycles. The lowest BCUT2D eigenvalue weighted by atomic mass is 9.40. The summed E-state index contributed by atoms with van der Waals surface area (Å²) in [4.78, 5) is 4.35. The molecule has 3 nitrogen and oxygen atoms in total. The first-order valence-corrected chi connectivity index (χ1v) is 7.28. The molecular weight excluding hydrogens is 248 g/mol. The molecule has 1 aromatic rings. The Kier molecular flexibility index (Phi) is 1.95. The molecule has 0 spiro atoms. The number of hydrogen-bond donors (Lipinski definition) is 0. The normalized spacial score (nSPS) is 49.8. The molecule has 2 unspecified atom stereocenters. The van der Waals surface area contributed by atoms with E-state index in [9.17, 15) is 0 Å². The van der Waals surface area contributed by atoms with E-state index in [0.29, 0.717) is 10.8 Å². The third-order valence-electron chi connectivity index (χ3n) is 5.48. The van der Waals surface area contributed by atoms with Crippen LogP contribution in [-0.4, -0.2) is 10.1 Å². The molecule has 4 aliphatic rings. The van der Waals surface area contributed by atoms with Gasteiger partial charge in [0.25, 0.3) is 5.28 Å². The van der Waals surface area contributed by atoms with E-state index in [-0.39, 0.29) is 10.7 Å². The van der Waals surface area contributed by atoms with Gasteiger partial charge >= 0.3 is 0 Å². The van der Waals surface area contributed by atoms with Gasteiger partial charge in [-0.05, 0) is 72.0 Å². The third-order valence-corrected chi connectivity index (χ3v) is 5.63. The van der Waals surface area contributed by atoms with Gasteiger partial charge in [0.1, 0.15) is 0 Å². The number of hydrogen-bond acceptors (Lipinski definition) is 3. The molecule has 0 saturated heterocycles. The highest BCUT2D eigenvalue weighted by Crippen LogP contribution is 2.69. The van der Waals surface area contributed by atoms with Gasteiger partial charge in [0, 0.05) is 0 Å². The van der Waals surface area contributed by atoms with Crippen LogP contribution in [0.25, 0.3) is 0 Å². The summed E-state index contributed by atoms with van der Waals surface area (Å²) in [7, 11) is 0. The molecule has 4 aliphatic carbocycles. The van der Waals surface area contributed by atoms with Crippen molar-refractivity contribution in [1.29, 1.82) is 0 Å². The summed E-state index contributed by atoms with van der Waals surface area (Å²) in [6, 6.07) is 0. The van der Waals surface area contributed by atoms with Crippen LogP contribution < -0.4 is 0 Å². The average Bonchev–Trinajstić information content (AvgIpc) is 2.59. The molecule has 0 N–H and O–H groups in total. The van der Waals surface area contributed by atoms with Gasteiger partial charge in [0.2, 0.25) is 5.89 Å². The molecular formula is C14H19ClN2O. The van der Waals surface area contributed by atoms with Crippen molar-refractivity contribution < 1.29 is 4.52 Å². The molecule has 4 saturated carbocycles. The molecule has 4 bridgehead atoms. The lowest BCUT2D eigenvalue weighted by molar-refractivity contribution is -0.118. The van der Waals surface area contributed by atoms with Gasteiger partial charge in [-0.3, -0.25) is 0 Å². The fourth-order valence-electron chi connectivity index (χ4n) is 6.11. The molecule has 18 heavy (non-hydrogen) atoms. The first-order valence-electron chi connectivity index (χ1n) is 6.90. The van der Waals surface area contributed by atoms with E-state index in [4.69, 9.17) is 16.1 Å². The summed E-state index contributed by atoms with van der Waals surface area (Å²) in [6.07, 6.45) is 7.74. The van der Waals surface area contributed by atoms with E-state index in [2.05, 4.69) is 24.0 Å². The molecule has 4 fully saturated rings. The Morgan fingerprint density at radius 3 is 2.28 bits per heavy atom. The minimum atomic E-state index is 0.114. The highest BCUT2D eigenvalue weighted by Gasteiger charge is 2.62. The van der Waals surface area contributed by atoms with E-state index in [0.717, 1.165) is 11.8 Å². The van der Waals surface area contributed by atoms with Gasteiger partial charge in [-0.15, -0.1) is 0 Å². The summed E-state index contributed by atoms with van der Waals surface area (Å²) in [5.74, 6) is 1.64. The van der Waals surface area contributed by atoms with Crippen molar-refractivity contribution >= 4 is 11.6 Å². The van der Waals surface area contributed by atoms with Crippen molar-refractivity contribution in [2.45, 2.75) is 57.8 Å². The summed E-state index contributed by atoms with van der Waals surface area (Å²) in [5, 5.41) is 4.06. The molecule has 98 valence electrons. The van der Waals surface area contributed by atoms with Crippen molar-refractivity contribution in [3.8, 4) is 0 Å². The van der Waals surface area contributed by atoms with E-state index in [1.807, 2.05) is 0 Å².